The molecule has 1 unspecified atom stereocenters. The highest BCUT2D eigenvalue weighted by molar-refractivity contribution is 5.90. The number of rotatable bonds is 6. The maximum Gasteiger partial charge on any atom is 0.540 e. The second kappa shape index (κ2) is 11.5. The van der Waals surface area contributed by atoms with E-state index in [0.717, 1.165) is 24.3 Å². The molecular weight excluding hydrogens is 640 g/mol. The van der Waals surface area contributed by atoms with Crippen LogP contribution in [0, 0.1) is 0 Å². The lowest BCUT2D eigenvalue weighted by atomic mass is 9.79. The van der Waals surface area contributed by atoms with Crippen molar-refractivity contribution in [2.75, 3.05) is 5.32 Å². The normalized spacial score (nSPS) is 16.8. The van der Waals surface area contributed by atoms with Gasteiger partial charge in [0.2, 0.25) is 0 Å². The van der Waals surface area contributed by atoms with Crippen molar-refractivity contribution >= 4 is 11.7 Å². The van der Waals surface area contributed by atoms with Gasteiger partial charge >= 0.3 is 30.8 Å². The molecule has 0 spiro atoms. The zero-order valence-corrected chi connectivity index (χ0v) is 22.8. The van der Waals surface area contributed by atoms with E-state index < -0.39 is 64.5 Å². The van der Waals surface area contributed by atoms with Crippen molar-refractivity contribution < 1.29 is 58.2 Å². The fourth-order valence-corrected chi connectivity index (χ4v) is 4.83. The number of urea groups is 1. The smallest absolute Gasteiger partial charge is 0.409 e. The van der Waals surface area contributed by atoms with Crippen molar-refractivity contribution in [3.05, 3.63) is 125 Å². The predicted molar refractivity (Wildman–Crippen MR) is 141 cm³/mol. The van der Waals surface area contributed by atoms with Crippen molar-refractivity contribution in [1.82, 2.24) is 10.3 Å². The van der Waals surface area contributed by atoms with Crippen molar-refractivity contribution in [2.45, 2.75) is 36.7 Å². The fourth-order valence-electron chi connectivity index (χ4n) is 4.83. The van der Waals surface area contributed by atoms with E-state index in [1.165, 1.54) is 6.07 Å². The largest absolute Gasteiger partial charge is 0.540 e. The topological polar surface area (TPSA) is 72.5 Å². The number of anilines is 1. The van der Waals surface area contributed by atoms with Gasteiger partial charge in [-0.2, -0.15) is 35.1 Å². The van der Waals surface area contributed by atoms with Crippen molar-refractivity contribution in [3.63, 3.8) is 0 Å². The summed E-state index contributed by atoms with van der Waals surface area (Å²) in [7, 11) is 0. The van der Waals surface area contributed by atoms with E-state index in [0.29, 0.717) is 36.0 Å². The lowest BCUT2D eigenvalue weighted by Gasteiger charge is -2.36. The monoisotopic (exact) mass is 659 g/mol. The SMILES string of the molecule is O=C(Nc1ccc2c(c1)C(F)(F)OC(F)(F)O2)NC(Cc1ccccc1)(c1cccc(C(F)(F)F)c1)c1ccc(C(F)(F)F)cn1. The molecule has 1 atom stereocenters. The quantitative estimate of drug-likeness (QED) is 0.204. The van der Waals surface area contributed by atoms with Gasteiger partial charge in [0.05, 0.1) is 22.4 Å². The number of hydrogen-bond acceptors (Lipinski definition) is 4. The molecule has 0 saturated carbocycles. The third-order valence-electron chi connectivity index (χ3n) is 6.88. The molecule has 2 amide bonds. The highest BCUT2D eigenvalue weighted by atomic mass is 19.4. The number of halogens is 10. The minimum atomic E-state index is -4.86. The van der Waals surface area contributed by atoms with E-state index in [1.54, 1.807) is 30.3 Å². The third-order valence-corrected chi connectivity index (χ3v) is 6.88. The van der Waals surface area contributed by atoms with Crippen LogP contribution in [0.3, 0.4) is 0 Å². The first kappa shape index (κ1) is 32.5. The zero-order chi connectivity index (χ0) is 33.5. The lowest BCUT2D eigenvalue weighted by Crippen LogP contribution is -2.50. The molecule has 0 fully saturated rings. The molecule has 2 heterocycles. The Hall–Kier alpha value is -4.86. The van der Waals surface area contributed by atoms with Crippen LogP contribution in [0.2, 0.25) is 0 Å². The average molecular weight is 659 g/mol. The average Bonchev–Trinajstić information content (AvgIpc) is 2.96. The van der Waals surface area contributed by atoms with E-state index >= 15 is 0 Å². The summed E-state index contributed by atoms with van der Waals surface area (Å²) in [5.41, 5.74) is -6.14. The number of aromatic nitrogens is 1. The maximum absolute atomic E-state index is 14.3. The van der Waals surface area contributed by atoms with Crippen LogP contribution in [0.4, 0.5) is 54.4 Å². The molecule has 46 heavy (non-hydrogen) atoms. The van der Waals surface area contributed by atoms with Gasteiger partial charge in [0.1, 0.15) is 11.3 Å². The molecule has 0 saturated heterocycles. The van der Waals surface area contributed by atoms with Gasteiger partial charge in [-0.3, -0.25) is 4.98 Å². The summed E-state index contributed by atoms with van der Waals surface area (Å²) >= 11 is 0. The first-order valence-corrected chi connectivity index (χ1v) is 13.0. The van der Waals surface area contributed by atoms with Gasteiger partial charge in [0, 0.05) is 18.3 Å². The third kappa shape index (κ3) is 6.85. The number of carbonyl (C=O) groups excluding carboxylic acids is 1. The first-order valence-electron chi connectivity index (χ1n) is 13.0. The molecule has 1 aliphatic rings. The minimum Gasteiger partial charge on any atom is -0.409 e. The number of ether oxygens (including phenoxy) is 2. The van der Waals surface area contributed by atoms with Crippen LogP contribution in [-0.2, 0) is 35.2 Å². The molecule has 0 aliphatic carbocycles. The number of benzene rings is 3. The second-order valence-corrected chi connectivity index (χ2v) is 10.1. The summed E-state index contributed by atoms with van der Waals surface area (Å²) in [6.45, 7) is 0. The number of nitrogens with zero attached hydrogens (tertiary/aromatic N) is 1. The second-order valence-electron chi connectivity index (χ2n) is 10.1. The molecule has 4 aromatic rings. The Morgan fingerprint density at radius 3 is 2.07 bits per heavy atom. The molecular formula is C30H19F10N3O3. The van der Waals surface area contributed by atoms with Gasteiger partial charge in [0.15, 0.2) is 0 Å². The van der Waals surface area contributed by atoms with Gasteiger partial charge in [-0.05, 0) is 53.6 Å². The van der Waals surface area contributed by atoms with Gasteiger partial charge in [-0.25, -0.2) is 9.53 Å². The van der Waals surface area contributed by atoms with Crippen molar-refractivity contribution in [3.8, 4) is 5.75 Å². The molecule has 242 valence electrons. The molecule has 2 N–H and O–H groups in total. The van der Waals surface area contributed by atoms with Crippen LogP contribution < -0.4 is 15.4 Å². The summed E-state index contributed by atoms with van der Waals surface area (Å²) in [5, 5.41) is 4.68. The van der Waals surface area contributed by atoms with Gasteiger partial charge in [-0.15, -0.1) is 8.78 Å². The molecule has 0 bridgehead atoms. The predicted octanol–water partition coefficient (Wildman–Crippen LogP) is 8.44. The summed E-state index contributed by atoms with van der Waals surface area (Å²) in [6, 6.07) is 14.0. The molecule has 16 heteroatoms. The molecule has 6 nitrogen and oxygen atoms in total. The summed E-state index contributed by atoms with van der Waals surface area (Å²) < 4.78 is 145. The van der Waals surface area contributed by atoms with E-state index in [9.17, 15) is 48.7 Å². The van der Waals surface area contributed by atoms with E-state index in [1.807, 2.05) is 0 Å². The van der Waals surface area contributed by atoms with Gasteiger partial charge < -0.3 is 15.4 Å². The van der Waals surface area contributed by atoms with Crippen LogP contribution in [0.5, 0.6) is 5.75 Å². The Morgan fingerprint density at radius 2 is 1.43 bits per heavy atom. The van der Waals surface area contributed by atoms with Crippen LogP contribution in [-0.4, -0.2) is 17.3 Å². The van der Waals surface area contributed by atoms with Crippen LogP contribution in [0.1, 0.15) is 33.5 Å². The standard InChI is InChI=1S/C30H19F10N3O3/c31-27(32,33)19-8-4-7-18(13-19)26(15-17-5-2-1-3-6-17,24-12-9-20(16-41-24)28(34,35)36)43-25(44)42-21-10-11-23-22(14-21)29(37,38)46-30(39,40)45-23/h1-14,16H,15H2,(H2,42,43,44). The molecule has 1 aromatic heterocycles. The van der Waals surface area contributed by atoms with Crippen LogP contribution in [0.25, 0.3) is 0 Å². The number of amides is 2. The zero-order valence-electron chi connectivity index (χ0n) is 22.8. The number of carbonyl (C=O) groups is 1. The lowest BCUT2D eigenvalue weighted by molar-refractivity contribution is -0.461. The maximum atomic E-state index is 14.3. The number of fused-ring (bicyclic) bond motifs is 1. The van der Waals surface area contributed by atoms with Crippen molar-refractivity contribution in [1.29, 1.82) is 0 Å². The Kier molecular flexibility index (Phi) is 8.13. The van der Waals surface area contributed by atoms with E-state index in [-0.39, 0.29) is 17.7 Å². The molecule has 0 radical (unpaired) electrons. The minimum absolute atomic E-state index is 0.241. The van der Waals surface area contributed by atoms with E-state index in [2.05, 4.69) is 25.1 Å². The fraction of sp³-hybridized carbons (Fsp3) is 0.200. The van der Waals surface area contributed by atoms with Gasteiger partial charge in [0.25, 0.3) is 0 Å². The molecule has 5 rings (SSSR count). The number of alkyl halides is 10. The molecule has 3 aromatic carbocycles. The summed E-state index contributed by atoms with van der Waals surface area (Å²) in [5.74, 6) is -0.955. The highest BCUT2D eigenvalue weighted by Crippen LogP contribution is 2.47. The summed E-state index contributed by atoms with van der Waals surface area (Å²) in [4.78, 5) is 17.4. The summed E-state index contributed by atoms with van der Waals surface area (Å²) in [6.07, 6.45) is -18.8. The Bertz CT molecular complexity index is 1730. The first-order chi connectivity index (χ1) is 21.4. The Balaban J connectivity index is 1.61. The van der Waals surface area contributed by atoms with Crippen LogP contribution in [0.15, 0.2) is 91.1 Å². The Morgan fingerprint density at radius 1 is 0.761 bits per heavy atom. The number of pyridine rings is 1. The Labute approximate surface area is 253 Å². The number of nitrogens with one attached hydrogen (secondary N) is 2. The van der Waals surface area contributed by atoms with Crippen LogP contribution >= 0.6 is 0 Å². The molecule has 1 aliphatic heterocycles. The van der Waals surface area contributed by atoms with Crippen molar-refractivity contribution in [2.24, 2.45) is 0 Å². The van der Waals surface area contributed by atoms with E-state index in [4.69, 9.17) is 0 Å². The number of hydrogen-bond donors (Lipinski definition) is 2. The highest BCUT2D eigenvalue weighted by Gasteiger charge is 2.54. The van der Waals surface area contributed by atoms with Gasteiger partial charge in [-0.1, -0.05) is 42.5 Å².